The lowest BCUT2D eigenvalue weighted by molar-refractivity contribution is 0.0927. The molecule has 0 unspecified atom stereocenters. The molecule has 22 heavy (non-hydrogen) atoms. The topological polar surface area (TPSA) is 45.5 Å². The molecular weight excluding hydrogens is 307 g/mol. The van der Waals surface area contributed by atoms with Gasteiger partial charge in [0.25, 0.3) is 5.91 Å². The number of hydrogen-bond acceptors (Lipinski definition) is 3. The minimum Gasteiger partial charge on any atom is -0.472 e. The molecule has 3 rings (SSSR count). The number of carbonyl (C=O) groups is 1. The van der Waals surface area contributed by atoms with Crippen molar-refractivity contribution in [3.8, 4) is 0 Å². The van der Waals surface area contributed by atoms with E-state index in [0.717, 1.165) is 18.5 Å². The zero-order valence-electron chi connectivity index (χ0n) is 12.1. The zero-order chi connectivity index (χ0) is 15.7. The van der Waals surface area contributed by atoms with Crippen molar-refractivity contribution in [1.29, 1.82) is 0 Å². The third-order valence-corrected chi connectivity index (χ3v) is 4.34. The largest absolute Gasteiger partial charge is 0.472 e. The molecule has 0 bridgehead atoms. The van der Waals surface area contributed by atoms with Gasteiger partial charge in [0.1, 0.15) is 12.1 Å². The van der Waals surface area contributed by atoms with Crippen molar-refractivity contribution in [3.05, 3.63) is 58.8 Å². The minimum absolute atomic E-state index is 0.0809. The molecule has 1 aromatic carbocycles. The van der Waals surface area contributed by atoms with E-state index in [2.05, 4.69) is 10.2 Å². The highest BCUT2D eigenvalue weighted by molar-refractivity contribution is 6.30. The van der Waals surface area contributed by atoms with Gasteiger partial charge in [-0.1, -0.05) is 17.7 Å². The van der Waals surface area contributed by atoms with Crippen LogP contribution in [-0.2, 0) is 0 Å². The van der Waals surface area contributed by atoms with Gasteiger partial charge in [0.05, 0.1) is 28.9 Å². The first-order chi connectivity index (χ1) is 10.6. The summed E-state index contributed by atoms with van der Waals surface area (Å²) in [7, 11) is 1.96. The Labute approximate surface area is 132 Å². The molecular formula is C16H16ClFN2O2. The van der Waals surface area contributed by atoms with Crippen molar-refractivity contribution < 1.29 is 13.6 Å². The Bertz CT molecular complexity index is 675. The van der Waals surface area contributed by atoms with E-state index in [4.69, 9.17) is 16.0 Å². The highest BCUT2D eigenvalue weighted by Gasteiger charge is 2.34. The smallest absolute Gasteiger partial charge is 0.254 e. The molecule has 4 nitrogen and oxygen atoms in total. The van der Waals surface area contributed by atoms with Crippen LogP contribution in [0.15, 0.2) is 41.2 Å². The maximum Gasteiger partial charge on any atom is 0.254 e. The molecule has 1 amide bonds. The molecule has 0 aliphatic carbocycles. The predicted molar refractivity (Wildman–Crippen MR) is 81.4 cm³/mol. The number of rotatable bonds is 3. The van der Waals surface area contributed by atoms with Crippen LogP contribution in [0.5, 0.6) is 0 Å². The van der Waals surface area contributed by atoms with Gasteiger partial charge in [-0.25, -0.2) is 4.39 Å². The number of carbonyl (C=O) groups excluding carboxylic acids is 1. The number of nitrogens with zero attached hydrogens (tertiary/aromatic N) is 1. The number of amides is 1. The summed E-state index contributed by atoms with van der Waals surface area (Å²) in [4.78, 5) is 14.3. The van der Waals surface area contributed by atoms with Crippen LogP contribution >= 0.6 is 11.6 Å². The summed E-state index contributed by atoms with van der Waals surface area (Å²) in [5.41, 5.74) is 1.29. The highest BCUT2D eigenvalue weighted by Crippen LogP contribution is 2.32. The van der Waals surface area contributed by atoms with Crippen LogP contribution in [0.3, 0.4) is 0 Å². The number of halogens is 2. The molecule has 2 aromatic rings. The Morgan fingerprint density at radius 1 is 1.45 bits per heavy atom. The van der Waals surface area contributed by atoms with Gasteiger partial charge in [0.2, 0.25) is 0 Å². The third-order valence-electron chi connectivity index (χ3n) is 4.03. The molecule has 1 aliphatic rings. The van der Waals surface area contributed by atoms with E-state index in [-0.39, 0.29) is 23.0 Å². The summed E-state index contributed by atoms with van der Waals surface area (Å²) in [6.07, 6.45) is 3.67. The molecule has 1 aromatic heterocycles. The standard InChI is InChI=1S/C16H16ClFN2O2/c1-20-6-4-14(19-16(21)11-5-7-22-9-11)15(20)10-2-3-12(17)13(18)8-10/h2-3,5,7-9,14-15H,4,6H2,1H3,(H,19,21)/t14-,15-/m0/s1. The second kappa shape index (κ2) is 6.10. The first-order valence-electron chi connectivity index (χ1n) is 7.04. The van der Waals surface area contributed by atoms with Crippen molar-refractivity contribution in [2.45, 2.75) is 18.5 Å². The molecule has 0 radical (unpaired) electrons. The lowest BCUT2D eigenvalue weighted by atomic mass is 9.99. The summed E-state index contributed by atoms with van der Waals surface area (Å²) in [5.74, 6) is -0.632. The molecule has 2 atom stereocenters. The fourth-order valence-corrected chi connectivity index (χ4v) is 3.04. The van der Waals surface area contributed by atoms with Crippen molar-refractivity contribution in [2.75, 3.05) is 13.6 Å². The van der Waals surface area contributed by atoms with E-state index in [1.165, 1.54) is 18.6 Å². The Balaban J connectivity index is 1.81. The van der Waals surface area contributed by atoms with Crippen molar-refractivity contribution in [2.24, 2.45) is 0 Å². The molecule has 1 saturated heterocycles. The highest BCUT2D eigenvalue weighted by atomic mass is 35.5. The predicted octanol–water partition coefficient (Wildman–Crippen LogP) is 3.25. The Hall–Kier alpha value is -1.85. The lowest BCUT2D eigenvalue weighted by Crippen LogP contribution is -2.38. The maximum absolute atomic E-state index is 13.7. The SMILES string of the molecule is CN1CC[C@H](NC(=O)c2ccoc2)[C@@H]1c1ccc(Cl)c(F)c1. The van der Waals surface area contributed by atoms with Gasteiger partial charge in [-0.3, -0.25) is 9.69 Å². The number of hydrogen-bond donors (Lipinski definition) is 1. The van der Waals surface area contributed by atoms with E-state index >= 15 is 0 Å². The van der Waals surface area contributed by atoms with Gasteiger partial charge >= 0.3 is 0 Å². The summed E-state index contributed by atoms with van der Waals surface area (Å²) >= 11 is 5.74. The number of furan rings is 1. The van der Waals surface area contributed by atoms with Gasteiger partial charge in [-0.05, 0) is 37.2 Å². The molecule has 0 saturated carbocycles. The number of benzene rings is 1. The average Bonchev–Trinajstić information content (AvgIpc) is 3.13. The van der Waals surface area contributed by atoms with Crippen LogP contribution in [-0.4, -0.2) is 30.4 Å². The van der Waals surface area contributed by atoms with Crippen LogP contribution in [0, 0.1) is 5.82 Å². The summed E-state index contributed by atoms with van der Waals surface area (Å²) in [6, 6.07) is 6.23. The van der Waals surface area contributed by atoms with Crippen molar-refractivity contribution >= 4 is 17.5 Å². The molecule has 1 N–H and O–H groups in total. The Kier molecular flexibility index (Phi) is 4.18. The van der Waals surface area contributed by atoms with Gasteiger partial charge in [0, 0.05) is 6.54 Å². The summed E-state index contributed by atoms with van der Waals surface area (Å²) in [6.45, 7) is 0.825. The fourth-order valence-electron chi connectivity index (χ4n) is 2.93. The van der Waals surface area contributed by atoms with Crippen LogP contribution in [0.25, 0.3) is 0 Å². The van der Waals surface area contributed by atoms with E-state index < -0.39 is 5.82 Å². The quantitative estimate of drug-likeness (QED) is 0.943. The van der Waals surface area contributed by atoms with Gasteiger partial charge in [-0.15, -0.1) is 0 Å². The second-order valence-corrected chi connectivity index (χ2v) is 5.89. The summed E-state index contributed by atoms with van der Waals surface area (Å²) < 4.78 is 18.6. The molecule has 116 valence electrons. The van der Waals surface area contributed by atoms with Crippen LogP contribution in [0.2, 0.25) is 5.02 Å². The molecule has 2 heterocycles. The van der Waals surface area contributed by atoms with Crippen LogP contribution in [0.4, 0.5) is 4.39 Å². The summed E-state index contributed by atoms with van der Waals surface area (Å²) in [5, 5.41) is 3.10. The second-order valence-electron chi connectivity index (χ2n) is 5.48. The van der Waals surface area contributed by atoms with E-state index in [0.29, 0.717) is 5.56 Å². The molecule has 0 spiro atoms. The monoisotopic (exact) mass is 322 g/mol. The van der Waals surface area contributed by atoms with Crippen LogP contribution in [0.1, 0.15) is 28.4 Å². The van der Waals surface area contributed by atoms with Gasteiger partial charge in [-0.2, -0.15) is 0 Å². The normalized spacial score (nSPS) is 22.0. The van der Waals surface area contributed by atoms with Crippen molar-refractivity contribution in [3.63, 3.8) is 0 Å². The first-order valence-corrected chi connectivity index (χ1v) is 7.42. The number of likely N-dealkylation sites (N-methyl/N-ethyl adjacent to an activating group) is 1. The van der Waals surface area contributed by atoms with Gasteiger partial charge < -0.3 is 9.73 Å². The number of likely N-dealkylation sites (tertiary alicyclic amines) is 1. The maximum atomic E-state index is 13.7. The molecule has 1 fully saturated rings. The third kappa shape index (κ3) is 2.87. The van der Waals surface area contributed by atoms with Gasteiger partial charge in [0.15, 0.2) is 0 Å². The van der Waals surface area contributed by atoms with Crippen LogP contribution < -0.4 is 5.32 Å². The average molecular weight is 323 g/mol. The minimum atomic E-state index is -0.445. The number of nitrogens with one attached hydrogen (secondary N) is 1. The van der Waals surface area contributed by atoms with E-state index in [1.807, 2.05) is 7.05 Å². The molecule has 1 aliphatic heterocycles. The Morgan fingerprint density at radius 3 is 2.95 bits per heavy atom. The lowest BCUT2D eigenvalue weighted by Gasteiger charge is -2.26. The van der Waals surface area contributed by atoms with E-state index in [1.54, 1.807) is 18.2 Å². The zero-order valence-corrected chi connectivity index (χ0v) is 12.8. The Morgan fingerprint density at radius 2 is 2.27 bits per heavy atom. The van der Waals surface area contributed by atoms with E-state index in [9.17, 15) is 9.18 Å². The first kappa shape index (κ1) is 15.1. The fraction of sp³-hybridized carbons (Fsp3) is 0.312. The molecule has 6 heteroatoms. The van der Waals surface area contributed by atoms with Crippen molar-refractivity contribution in [1.82, 2.24) is 10.2 Å².